The summed E-state index contributed by atoms with van der Waals surface area (Å²) >= 11 is 4.95. The molecule has 1 aliphatic carbocycles. The van der Waals surface area contributed by atoms with Crippen LogP contribution in [0, 0.1) is 10.1 Å². The van der Waals surface area contributed by atoms with Gasteiger partial charge in [0.15, 0.2) is 0 Å². The Balaban J connectivity index is 1.77. The van der Waals surface area contributed by atoms with E-state index in [9.17, 15) is 14.9 Å². The molecule has 2 aromatic rings. The molecular weight excluding hydrogens is 358 g/mol. The van der Waals surface area contributed by atoms with Gasteiger partial charge in [-0.15, -0.1) is 11.3 Å². The Morgan fingerprint density at radius 3 is 2.90 bits per heavy atom. The van der Waals surface area contributed by atoms with E-state index in [0.29, 0.717) is 12.2 Å². The lowest BCUT2D eigenvalue weighted by Crippen LogP contribution is -2.24. The number of nitrogens with one attached hydrogen (secondary N) is 1. The van der Waals surface area contributed by atoms with Crippen LogP contribution in [0.3, 0.4) is 0 Å². The second-order valence-electron chi connectivity index (χ2n) is 4.85. The first-order valence-corrected chi connectivity index (χ1v) is 8.10. The molecule has 1 fully saturated rings. The predicted molar refractivity (Wildman–Crippen MR) is 82.5 cm³/mol. The maximum Gasteiger partial charge on any atom is 0.287 e. The van der Waals surface area contributed by atoms with Crippen LogP contribution in [0.25, 0.3) is 0 Å². The summed E-state index contributed by atoms with van der Waals surface area (Å²) < 4.78 is 2.67. The molecule has 3 rings (SSSR count). The third-order valence-electron chi connectivity index (χ3n) is 3.32. The monoisotopic (exact) mass is 369 g/mol. The number of halogens is 1. The summed E-state index contributed by atoms with van der Waals surface area (Å²) in [6, 6.07) is 3.48. The van der Waals surface area contributed by atoms with Crippen molar-refractivity contribution in [2.45, 2.75) is 25.4 Å². The van der Waals surface area contributed by atoms with Crippen LogP contribution in [0.5, 0.6) is 0 Å². The van der Waals surface area contributed by atoms with E-state index < -0.39 is 4.92 Å². The van der Waals surface area contributed by atoms with Gasteiger partial charge in [-0.1, -0.05) is 0 Å². The van der Waals surface area contributed by atoms with Gasteiger partial charge >= 0.3 is 0 Å². The van der Waals surface area contributed by atoms with Crippen molar-refractivity contribution in [2.75, 3.05) is 0 Å². The average Bonchev–Trinajstić information content (AvgIpc) is 3.06. The van der Waals surface area contributed by atoms with Crippen molar-refractivity contribution in [3.05, 3.63) is 48.9 Å². The largest absolute Gasteiger partial charge is 0.346 e. The fraction of sp³-hybridized carbons (Fsp3) is 0.308. The standard InChI is InChI=1S/C13H12BrN3O3S/c14-10-3-4-21-12(10)6-15-13(18)11-5-9(17(19)20)7-16(11)8-1-2-8/h3-5,7-8H,1-2,6H2,(H,15,18). The second-order valence-corrected chi connectivity index (χ2v) is 6.71. The number of rotatable bonds is 5. The Hall–Kier alpha value is -1.67. The molecule has 1 amide bonds. The third kappa shape index (κ3) is 3.01. The Morgan fingerprint density at radius 1 is 1.57 bits per heavy atom. The van der Waals surface area contributed by atoms with Crippen LogP contribution in [0.2, 0.25) is 0 Å². The quantitative estimate of drug-likeness (QED) is 0.647. The highest BCUT2D eigenvalue weighted by atomic mass is 79.9. The predicted octanol–water partition coefficient (Wildman–Crippen LogP) is 3.49. The van der Waals surface area contributed by atoms with Crippen molar-refractivity contribution in [3.63, 3.8) is 0 Å². The van der Waals surface area contributed by atoms with Crippen molar-refractivity contribution >= 4 is 38.9 Å². The number of aromatic nitrogens is 1. The Bertz CT molecular complexity index is 705. The van der Waals surface area contributed by atoms with Crippen LogP contribution in [-0.4, -0.2) is 15.4 Å². The van der Waals surface area contributed by atoms with Gasteiger partial charge in [-0.3, -0.25) is 14.9 Å². The molecule has 110 valence electrons. The highest BCUT2D eigenvalue weighted by molar-refractivity contribution is 9.10. The molecule has 0 spiro atoms. The van der Waals surface area contributed by atoms with Gasteiger partial charge < -0.3 is 9.88 Å². The number of hydrogen-bond acceptors (Lipinski definition) is 4. The van der Waals surface area contributed by atoms with Crippen LogP contribution in [0.15, 0.2) is 28.2 Å². The van der Waals surface area contributed by atoms with Gasteiger partial charge in [0.25, 0.3) is 11.6 Å². The molecule has 1 N–H and O–H groups in total. The third-order valence-corrected chi connectivity index (χ3v) is 5.24. The van der Waals surface area contributed by atoms with E-state index in [2.05, 4.69) is 21.2 Å². The van der Waals surface area contributed by atoms with E-state index in [-0.39, 0.29) is 17.6 Å². The molecule has 21 heavy (non-hydrogen) atoms. The normalized spacial score (nSPS) is 14.1. The van der Waals surface area contributed by atoms with Gasteiger partial charge in [0, 0.05) is 21.5 Å². The Morgan fingerprint density at radius 2 is 2.33 bits per heavy atom. The van der Waals surface area contributed by atoms with E-state index in [1.807, 2.05) is 11.4 Å². The summed E-state index contributed by atoms with van der Waals surface area (Å²) in [5.41, 5.74) is 0.321. The van der Waals surface area contributed by atoms with Crippen molar-refractivity contribution in [2.24, 2.45) is 0 Å². The molecular formula is C13H12BrN3O3S. The molecule has 0 bridgehead atoms. The first-order chi connectivity index (χ1) is 10.1. The molecule has 2 aromatic heterocycles. The molecule has 1 aliphatic rings. The van der Waals surface area contributed by atoms with Crippen LogP contribution in [-0.2, 0) is 6.54 Å². The molecule has 6 nitrogen and oxygen atoms in total. The molecule has 2 heterocycles. The fourth-order valence-electron chi connectivity index (χ4n) is 2.10. The first-order valence-electron chi connectivity index (χ1n) is 6.42. The van der Waals surface area contributed by atoms with E-state index in [1.165, 1.54) is 12.3 Å². The van der Waals surface area contributed by atoms with Gasteiger partial charge in [0.1, 0.15) is 5.69 Å². The summed E-state index contributed by atoms with van der Waals surface area (Å²) in [5.74, 6) is -0.282. The number of hydrogen-bond donors (Lipinski definition) is 1. The van der Waals surface area contributed by atoms with Gasteiger partial charge in [-0.25, -0.2) is 0 Å². The van der Waals surface area contributed by atoms with Gasteiger partial charge in [0.05, 0.1) is 17.7 Å². The minimum Gasteiger partial charge on any atom is -0.346 e. The molecule has 8 heteroatoms. The van der Waals surface area contributed by atoms with E-state index in [4.69, 9.17) is 0 Å². The second kappa shape index (κ2) is 5.61. The van der Waals surface area contributed by atoms with Gasteiger partial charge in [-0.05, 0) is 40.2 Å². The molecule has 0 saturated heterocycles. The fourth-order valence-corrected chi connectivity index (χ4v) is 3.54. The van der Waals surface area contributed by atoms with Crippen LogP contribution in [0.1, 0.15) is 34.2 Å². The van der Waals surface area contributed by atoms with E-state index in [1.54, 1.807) is 15.9 Å². The molecule has 0 aliphatic heterocycles. The van der Waals surface area contributed by atoms with Crippen molar-refractivity contribution in [3.8, 4) is 0 Å². The molecule has 0 unspecified atom stereocenters. The summed E-state index contributed by atoms with van der Waals surface area (Å²) in [4.78, 5) is 23.7. The lowest BCUT2D eigenvalue weighted by molar-refractivity contribution is -0.384. The van der Waals surface area contributed by atoms with Crippen molar-refractivity contribution < 1.29 is 9.72 Å². The minimum absolute atomic E-state index is 0.0376. The van der Waals surface area contributed by atoms with Gasteiger partial charge in [0.2, 0.25) is 0 Å². The maximum absolute atomic E-state index is 12.3. The lowest BCUT2D eigenvalue weighted by Gasteiger charge is -2.07. The van der Waals surface area contributed by atoms with E-state index in [0.717, 1.165) is 22.2 Å². The zero-order valence-electron chi connectivity index (χ0n) is 10.9. The number of nitrogens with zero attached hydrogens (tertiary/aromatic N) is 2. The number of amides is 1. The highest BCUT2D eigenvalue weighted by Crippen LogP contribution is 2.37. The first kappa shape index (κ1) is 14.3. The zero-order chi connectivity index (χ0) is 15.0. The molecule has 0 atom stereocenters. The van der Waals surface area contributed by atoms with Crippen molar-refractivity contribution in [1.82, 2.24) is 9.88 Å². The SMILES string of the molecule is O=C(NCc1sccc1Br)c1cc([N+](=O)[O-])cn1C1CC1. The topological polar surface area (TPSA) is 77.2 Å². The molecule has 0 aromatic carbocycles. The molecule has 1 saturated carbocycles. The summed E-state index contributed by atoms with van der Waals surface area (Å²) in [6.07, 6.45) is 3.37. The zero-order valence-corrected chi connectivity index (χ0v) is 13.3. The average molecular weight is 370 g/mol. The summed E-state index contributed by atoms with van der Waals surface area (Å²) in [5, 5.41) is 15.6. The van der Waals surface area contributed by atoms with Crippen LogP contribution < -0.4 is 5.32 Å². The summed E-state index contributed by atoms with van der Waals surface area (Å²) in [6.45, 7) is 0.403. The number of thiophene rings is 1. The number of carbonyl (C=O) groups excluding carboxylic acids is 1. The van der Waals surface area contributed by atoms with E-state index >= 15 is 0 Å². The lowest BCUT2D eigenvalue weighted by atomic mass is 10.3. The Labute approximate surface area is 133 Å². The minimum atomic E-state index is -0.467. The smallest absolute Gasteiger partial charge is 0.287 e. The van der Waals surface area contributed by atoms with Crippen LogP contribution in [0.4, 0.5) is 5.69 Å². The van der Waals surface area contributed by atoms with Crippen LogP contribution >= 0.6 is 27.3 Å². The van der Waals surface area contributed by atoms with Crippen molar-refractivity contribution in [1.29, 1.82) is 0 Å². The summed E-state index contributed by atoms with van der Waals surface area (Å²) in [7, 11) is 0. The van der Waals surface area contributed by atoms with Gasteiger partial charge in [-0.2, -0.15) is 0 Å². The maximum atomic E-state index is 12.3. The number of nitro groups is 1. The highest BCUT2D eigenvalue weighted by Gasteiger charge is 2.30. The number of carbonyl (C=O) groups is 1. The molecule has 0 radical (unpaired) electrons. The Kier molecular flexibility index (Phi) is 3.81.